The molecule has 17 heavy (non-hydrogen) atoms. The maximum atomic E-state index is 5.68. The zero-order valence-electron chi connectivity index (χ0n) is 11.2. The van der Waals surface area contributed by atoms with Crippen LogP contribution in [-0.4, -0.2) is 26.0 Å². The number of aryl methyl sites for hydroxylation is 1. The van der Waals surface area contributed by atoms with Crippen molar-refractivity contribution in [2.75, 3.05) is 19.8 Å². The third-order valence-electron chi connectivity index (χ3n) is 2.47. The molecule has 0 aliphatic heterocycles. The number of hydrogen-bond donors (Lipinski definition) is 1. The number of rotatable bonds is 8. The van der Waals surface area contributed by atoms with Crippen LogP contribution < -0.4 is 5.32 Å². The number of nitrogens with one attached hydrogen (secondary N) is 1. The topological polar surface area (TPSA) is 30.5 Å². The Morgan fingerprint density at radius 1 is 1.24 bits per heavy atom. The van der Waals surface area contributed by atoms with Crippen LogP contribution in [0.3, 0.4) is 0 Å². The molecule has 1 aromatic rings. The van der Waals surface area contributed by atoms with Gasteiger partial charge in [-0.25, -0.2) is 0 Å². The Bertz CT molecular complexity index is 308. The SMILES string of the molecule is CCNC(c1csc(C)c1)C(OCC)OCC. The lowest BCUT2D eigenvalue weighted by molar-refractivity contribution is -0.155. The van der Waals surface area contributed by atoms with E-state index in [1.54, 1.807) is 11.3 Å². The van der Waals surface area contributed by atoms with E-state index in [1.165, 1.54) is 10.4 Å². The fourth-order valence-electron chi connectivity index (χ4n) is 1.79. The van der Waals surface area contributed by atoms with Gasteiger partial charge in [0.2, 0.25) is 0 Å². The average molecular weight is 257 g/mol. The highest BCUT2D eigenvalue weighted by atomic mass is 32.1. The minimum atomic E-state index is -0.209. The van der Waals surface area contributed by atoms with Gasteiger partial charge < -0.3 is 14.8 Å². The Labute approximate surface area is 108 Å². The second-order valence-corrected chi connectivity index (χ2v) is 4.92. The van der Waals surface area contributed by atoms with Crippen LogP contribution in [0.2, 0.25) is 0 Å². The average Bonchev–Trinajstić information content (AvgIpc) is 2.72. The normalized spacial score (nSPS) is 13.2. The van der Waals surface area contributed by atoms with Gasteiger partial charge >= 0.3 is 0 Å². The molecule has 0 aromatic carbocycles. The molecule has 3 nitrogen and oxygen atoms in total. The summed E-state index contributed by atoms with van der Waals surface area (Å²) in [6, 6.07) is 2.31. The summed E-state index contributed by atoms with van der Waals surface area (Å²) in [5, 5.41) is 5.61. The van der Waals surface area contributed by atoms with Crippen molar-refractivity contribution in [1.29, 1.82) is 0 Å². The molecule has 0 saturated carbocycles. The molecule has 1 aromatic heterocycles. The van der Waals surface area contributed by atoms with Crippen molar-refractivity contribution in [3.05, 3.63) is 21.9 Å². The predicted molar refractivity (Wildman–Crippen MR) is 72.5 cm³/mol. The Morgan fingerprint density at radius 2 is 1.88 bits per heavy atom. The first-order valence-electron chi connectivity index (χ1n) is 6.24. The quantitative estimate of drug-likeness (QED) is 0.726. The van der Waals surface area contributed by atoms with E-state index in [9.17, 15) is 0 Å². The Balaban J connectivity index is 2.80. The summed E-state index contributed by atoms with van der Waals surface area (Å²) in [6.45, 7) is 10.4. The fraction of sp³-hybridized carbons (Fsp3) is 0.692. The molecule has 0 amide bonds. The molecule has 0 aliphatic carbocycles. The van der Waals surface area contributed by atoms with Gasteiger partial charge in [0.25, 0.3) is 0 Å². The largest absolute Gasteiger partial charge is 0.351 e. The highest BCUT2D eigenvalue weighted by Crippen LogP contribution is 2.25. The molecule has 0 aliphatic rings. The number of thiophene rings is 1. The summed E-state index contributed by atoms with van der Waals surface area (Å²) >= 11 is 1.76. The van der Waals surface area contributed by atoms with E-state index >= 15 is 0 Å². The van der Waals surface area contributed by atoms with E-state index in [0.29, 0.717) is 13.2 Å². The molecule has 0 fully saturated rings. The van der Waals surface area contributed by atoms with Crippen molar-refractivity contribution in [3.63, 3.8) is 0 Å². The zero-order chi connectivity index (χ0) is 12.7. The van der Waals surface area contributed by atoms with E-state index in [4.69, 9.17) is 9.47 Å². The van der Waals surface area contributed by atoms with Crippen molar-refractivity contribution in [3.8, 4) is 0 Å². The van der Waals surface area contributed by atoms with Crippen LogP contribution in [0.15, 0.2) is 11.4 Å². The fourth-order valence-corrected chi connectivity index (χ4v) is 2.53. The number of hydrogen-bond acceptors (Lipinski definition) is 4. The smallest absolute Gasteiger partial charge is 0.176 e. The third kappa shape index (κ3) is 4.39. The van der Waals surface area contributed by atoms with Gasteiger partial charge in [0.15, 0.2) is 6.29 Å². The summed E-state index contributed by atoms with van der Waals surface area (Å²) in [6.07, 6.45) is -0.209. The number of ether oxygens (including phenoxy) is 2. The number of likely N-dealkylation sites (N-methyl/N-ethyl adjacent to an activating group) is 1. The molecule has 4 heteroatoms. The van der Waals surface area contributed by atoms with Crippen LogP contribution in [0.1, 0.15) is 37.3 Å². The van der Waals surface area contributed by atoms with E-state index < -0.39 is 0 Å². The van der Waals surface area contributed by atoms with Gasteiger partial charge in [0.05, 0.1) is 6.04 Å². The molecular weight excluding hydrogens is 234 g/mol. The van der Waals surface area contributed by atoms with E-state index in [0.717, 1.165) is 6.54 Å². The molecule has 1 atom stereocenters. The maximum Gasteiger partial charge on any atom is 0.176 e. The summed E-state index contributed by atoms with van der Waals surface area (Å²) in [5.41, 5.74) is 1.25. The van der Waals surface area contributed by atoms with Crippen molar-refractivity contribution < 1.29 is 9.47 Å². The van der Waals surface area contributed by atoms with Crippen LogP contribution in [0.25, 0.3) is 0 Å². The third-order valence-corrected chi connectivity index (χ3v) is 3.35. The highest BCUT2D eigenvalue weighted by Gasteiger charge is 2.23. The van der Waals surface area contributed by atoms with Gasteiger partial charge in [-0.1, -0.05) is 6.92 Å². The van der Waals surface area contributed by atoms with Crippen LogP contribution >= 0.6 is 11.3 Å². The van der Waals surface area contributed by atoms with Gasteiger partial charge in [0.1, 0.15) is 0 Å². The molecule has 0 saturated heterocycles. The Hall–Kier alpha value is -0.420. The standard InChI is InChI=1S/C13H23NO2S/c1-5-14-12(11-8-10(4)17-9-11)13(15-6-2)16-7-3/h8-9,12-14H,5-7H2,1-4H3. The Morgan fingerprint density at radius 3 is 2.29 bits per heavy atom. The van der Waals surface area contributed by atoms with Gasteiger partial charge in [-0.3, -0.25) is 0 Å². The van der Waals surface area contributed by atoms with E-state index in [1.807, 2.05) is 13.8 Å². The van der Waals surface area contributed by atoms with Crippen molar-refractivity contribution in [2.45, 2.75) is 40.0 Å². The molecule has 1 N–H and O–H groups in total. The second kappa shape index (κ2) is 7.82. The van der Waals surface area contributed by atoms with Gasteiger partial charge in [-0.2, -0.15) is 0 Å². The summed E-state index contributed by atoms with van der Waals surface area (Å²) < 4.78 is 11.4. The van der Waals surface area contributed by atoms with Crippen molar-refractivity contribution in [1.82, 2.24) is 5.32 Å². The Kier molecular flexibility index (Phi) is 6.73. The highest BCUT2D eigenvalue weighted by molar-refractivity contribution is 7.10. The molecule has 1 rings (SSSR count). The minimum Gasteiger partial charge on any atom is -0.351 e. The lowest BCUT2D eigenvalue weighted by Gasteiger charge is -2.26. The zero-order valence-corrected chi connectivity index (χ0v) is 12.0. The summed E-state index contributed by atoms with van der Waals surface area (Å²) in [4.78, 5) is 1.31. The van der Waals surface area contributed by atoms with E-state index in [2.05, 4.69) is 30.6 Å². The van der Waals surface area contributed by atoms with Crippen LogP contribution in [0.5, 0.6) is 0 Å². The monoisotopic (exact) mass is 257 g/mol. The molecular formula is C13H23NO2S. The lowest BCUT2D eigenvalue weighted by atomic mass is 10.1. The van der Waals surface area contributed by atoms with Crippen molar-refractivity contribution >= 4 is 11.3 Å². The summed E-state index contributed by atoms with van der Waals surface area (Å²) in [7, 11) is 0. The van der Waals surface area contributed by atoms with Crippen molar-refractivity contribution in [2.24, 2.45) is 0 Å². The van der Waals surface area contributed by atoms with E-state index in [-0.39, 0.29) is 12.3 Å². The molecule has 98 valence electrons. The second-order valence-electron chi connectivity index (χ2n) is 3.81. The van der Waals surface area contributed by atoms with Crippen LogP contribution in [0.4, 0.5) is 0 Å². The van der Waals surface area contributed by atoms with Gasteiger partial charge in [0, 0.05) is 18.1 Å². The predicted octanol–water partition coefficient (Wildman–Crippen LogP) is 3.11. The molecule has 1 heterocycles. The summed E-state index contributed by atoms with van der Waals surface area (Å²) in [5.74, 6) is 0. The molecule has 0 bridgehead atoms. The van der Waals surface area contributed by atoms with Gasteiger partial charge in [-0.15, -0.1) is 11.3 Å². The molecule has 1 unspecified atom stereocenters. The first kappa shape index (κ1) is 14.6. The minimum absolute atomic E-state index is 0.116. The molecule has 0 spiro atoms. The first-order valence-corrected chi connectivity index (χ1v) is 7.12. The molecule has 0 radical (unpaired) electrons. The van der Waals surface area contributed by atoms with Crippen LogP contribution in [0, 0.1) is 6.92 Å². The van der Waals surface area contributed by atoms with Crippen LogP contribution in [-0.2, 0) is 9.47 Å². The maximum absolute atomic E-state index is 5.68. The first-order chi connectivity index (χ1) is 8.22. The van der Waals surface area contributed by atoms with Gasteiger partial charge in [-0.05, 0) is 44.3 Å². The lowest BCUT2D eigenvalue weighted by Crippen LogP contribution is -2.35.